The van der Waals surface area contributed by atoms with Gasteiger partial charge < -0.3 is 10.1 Å². The molecule has 0 atom stereocenters. The number of amidine groups is 1. The molecular formula is C19H12BrClN2O2S. The van der Waals surface area contributed by atoms with Gasteiger partial charge in [-0.05, 0) is 54.2 Å². The maximum absolute atomic E-state index is 12.3. The summed E-state index contributed by atoms with van der Waals surface area (Å²) in [5.74, 6) is 2.81. The summed E-state index contributed by atoms with van der Waals surface area (Å²) in [4.78, 5) is 17.2. The van der Waals surface area contributed by atoms with E-state index in [0.29, 0.717) is 26.5 Å². The van der Waals surface area contributed by atoms with Gasteiger partial charge in [0.05, 0.1) is 10.6 Å². The number of aliphatic imine (C=N–C) groups is 1. The molecule has 1 heterocycles. The minimum absolute atomic E-state index is 0.151. The van der Waals surface area contributed by atoms with Crippen LogP contribution in [0.15, 0.2) is 56.8 Å². The Morgan fingerprint density at radius 2 is 2.19 bits per heavy atom. The number of nitrogens with one attached hydrogen (secondary N) is 1. The number of hydrogen-bond donors (Lipinski definition) is 1. The Labute approximate surface area is 168 Å². The Morgan fingerprint density at radius 3 is 2.96 bits per heavy atom. The summed E-state index contributed by atoms with van der Waals surface area (Å²) < 4.78 is 6.40. The molecule has 7 heteroatoms. The highest BCUT2D eigenvalue weighted by Gasteiger charge is 2.24. The normalized spacial score (nSPS) is 16.6. The van der Waals surface area contributed by atoms with Gasteiger partial charge in [-0.2, -0.15) is 0 Å². The fourth-order valence-electron chi connectivity index (χ4n) is 2.17. The lowest BCUT2D eigenvalue weighted by molar-refractivity contribution is -0.115. The minimum atomic E-state index is -0.223. The predicted molar refractivity (Wildman–Crippen MR) is 111 cm³/mol. The zero-order valence-corrected chi connectivity index (χ0v) is 16.5. The molecule has 3 rings (SSSR count). The van der Waals surface area contributed by atoms with Crippen LogP contribution in [0.1, 0.15) is 5.56 Å². The summed E-state index contributed by atoms with van der Waals surface area (Å²) in [7, 11) is 0. The van der Waals surface area contributed by atoms with Crippen molar-refractivity contribution >= 4 is 62.1 Å². The molecule has 2 aromatic carbocycles. The van der Waals surface area contributed by atoms with Gasteiger partial charge in [0.2, 0.25) is 0 Å². The highest BCUT2D eigenvalue weighted by molar-refractivity contribution is 9.10. The molecule has 1 aliphatic rings. The second kappa shape index (κ2) is 8.45. The summed E-state index contributed by atoms with van der Waals surface area (Å²) in [5, 5.41) is 3.82. The quantitative estimate of drug-likeness (QED) is 0.530. The number of carbonyl (C=O) groups excluding carboxylic acids is 1. The van der Waals surface area contributed by atoms with Gasteiger partial charge in [0, 0.05) is 15.1 Å². The van der Waals surface area contributed by atoms with Gasteiger partial charge in [0.25, 0.3) is 5.91 Å². The van der Waals surface area contributed by atoms with Crippen molar-refractivity contribution in [2.24, 2.45) is 4.99 Å². The molecular weight excluding hydrogens is 436 g/mol. The van der Waals surface area contributed by atoms with E-state index in [9.17, 15) is 4.79 Å². The van der Waals surface area contributed by atoms with Gasteiger partial charge in [0.1, 0.15) is 12.4 Å². The molecule has 0 spiro atoms. The molecule has 4 nitrogen and oxygen atoms in total. The lowest BCUT2D eigenvalue weighted by atomic mass is 10.2. The van der Waals surface area contributed by atoms with Crippen molar-refractivity contribution in [1.29, 1.82) is 0 Å². The molecule has 1 saturated heterocycles. The van der Waals surface area contributed by atoms with E-state index >= 15 is 0 Å². The van der Waals surface area contributed by atoms with E-state index < -0.39 is 0 Å². The minimum Gasteiger partial charge on any atom is -0.480 e. The Balaban J connectivity index is 1.87. The van der Waals surface area contributed by atoms with Crippen molar-refractivity contribution in [3.63, 3.8) is 0 Å². The van der Waals surface area contributed by atoms with Crippen LogP contribution in [0.3, 0.4) is 0 Å². The van der Waals surface area contributed by atoms with Crippen molar-refractivity contribution in [1.82, 2.24) is 5.32 Å². The van der Waals surface area contributed by atoms with E-state index in [-0.39, 0.29) is 12.5 Å². The SMILES string of the molecule is C#CCOc1ccc(Br)cc1/C=C1\SC(=Nc2cccc(Cl)c2)NC1=O. The zero-order chi connectivity index (χ0) is 18.5. The summed E-state index contributed by atoms with van der Waals surface area (Å²) in [6, 6.07) is 12.6. The van der Waals surface area contributed by atoms with Crippen LogP contribution in [-0.4, -0.2) is 17.7 Å². The third kappa shape index (κ3) is 4.70. The average molecular weight is 448 g/mol. The van der Waals surface area contributed by atoms with E-state index in [0.717, 1.165) is 10.0 Å². The van der Waals surface area contributed by atoms with Gasteiger partial charge in [-0.3, -0.25) is 4.79 Å². The first-order valence-electron chi connectivity index (χ1n) is 7.46. The van der Waals surface area contributed by atoms with Gasteiger partial charge in [-0.25, -0.2) is 4.99 Å². The molecule has 0 bridgehead atoms. The Bertz CT molecular complexity index is 966. The highest BCUT2D eigenvalue weighted by atomic mass is 79.9. The number of hydrogen-bond acceptors (Lipinski definition) is 4. The number of terminal acetylenes is 1. The van der Waals surface area contributed by atoms with Crippen LogP contribution < -0.4 is 10.1 Å². The first-order chi connectivity index (χ1) is 12.5. The fraction of sp³-hybridized carbons (Fsp3) is 0.0526. The number of thioether (sulfide) groups is 1. The predicted octanol–water partition coefficient (Wildman–Crippen LogP) is 5.01. The molecule has 2 aromatic rings. The van der Waals surface area contributed by atoms with Gasteiger partial charge in [-0.15, -0.1) is 6.42 Å². The lowest BCUT2D eigenvalue weighted by Crippen LogP contribution is -2.19. The first kappa shape index (κ1) is 18.6. The average Bonchev–Trinajstić information content (AvgIpc) is 2.93. The van der Waals surface area contributed by atoms with Crippen LogP contribution in [-0.2, 0) is 4.79 Å². The van der Waals surface area contributed by atoms with E-state index in [2.05, 4.69) is 32.2 Å². The number of ether oxygens (including phenoxy) is 1. The third-order valence-electron chi connectivity index (χ3n) is 3.26. The van der Waals surface area contributed by atoms with Gasteiger partial charge >= 0.3 is 0 Å². The fourth-order valence-corrected chi connectivity index (χ4v) is 3.56. The summed E-state index contributed by atoms with van der Waals surface area (Å²) in [5.41, 5.74) is 1.42. The van der Waals surface area contributed by atoms with Crippen molar-refractivity contribution in [3.05, 3.63) is 62.4 Å². The van der Waals surface area contributed by atoms with E-state index in [1.54, 1.807) is 30.3 Å². The molecule has 1 fully saturated rings. The first-order valence-corrected chi connectivity index (χ1v) is 9.45. The molecule has 26 heavy (non-hydrogen) atoms. The summed E-state index contributed by atoms with van der Waals surface area (Å²) in [6.45, 7) is 0.151. The molecule has 0 saturated carbocycles. The number of carbonyl (C=O) groups is 1. The smallest absolute Gasteiger partial charge is 0.264 e. The van der Waals surface area contributed by atoms with Crippen LogP contribution in [0.4, 0.5) is 5.69 Å². The van der Waals surface area contributed by atoms with Crippen LogP contribution in [0.5, 0.6) is 5.75 Å². The third-order valence-corrected chi connectivity index (χ3v) is 4.90. The zero-order valence-electron chi connectivity index (χ0n) is 13.3. The Morgan fingerprint density at radius 1 is 1.35 bits per heavy atom. The van der Waals surface area contributed by atoms with Crippen molar-refractivity contribution < 1.29 is 9.53 Å². The number of amides is 1. The summed E-state index contributed by atoms with van der Waals surface area (Å²) in [6.07, 6.45) is 7.00. The monoisotopic (exact) mass is 446 g/mol. The molecule has 1 amide bonds. The standard InChI is InChI=1S/C19H12BrClN2O2S/c1-2-8-25-16-7-6-13(20)9-12(16)10-17-18(24)23-19(26-17)22-15-5-3-4-14(21)11-15/h1,3-7,9-11H,8H2,(H,22,23,24)/b17-10-. The molecule has 130 valence electrons. The second-order valence-corrected chi connectivity index (χ2v) is 7.52. The molecule has 0 unspecified atom stereocenters. The van der Waals surface area contributed by atoms with Crippen LogP contribution in [0, 0.1) is 12.3 Å². The molecule has 1 N–H and O–H groups in total. The lowest BCUT2D eigenvalue weighted by Gasteiger charge is -2.07. The molecule has 0 aromatic heterocycles. The Kier molecular flexibility index (Phi) is 6.04. The maximum Gasteiger partial charge on any atom is 0.264 e. The maximum atomic E-state index is 12.3. The number of halogens is 2. The second-order valence-electron chi connectivity index (χ2n) is 5.14. The molecule has 1 aliphatic heterocycles. The van der Waals surface area contributed by atoms with Gasteiger partial charge in [0.15, 0.2) is 5.17 Å². The van der Waals surface area contributed by atoms with Crippen molar-refractivity contribution in [3.8, 4) is 18.1 Å². The van der Waals surface area contributed by atoms with Crippen LogP contribution in [0.2, 0.25) is 5.02 Å². The molecule has 0 radical (unpaired) electrons. The largest absolute Gasteiger partial charge is 0.480 e. The molecule has 0 aliphatic carbocycles. The highest BCUT2D eigenvalue weighted by Crippen LogP contribution is 2.32. The van der Waals surface area contributed by atoms with Crippen molar-refractivity contribution in [2.45, 2.75) is 0 Å². The van der Waals surface area contributed by atoms with E-state index in [4.69, 9.17) is 22.8 Å². The van der Waals surface area contributed by atoms with Crippen LogP contribution >= 0.6 is 39.3 Å². The van der Waals surface area contributed by atoms with Crippen molar-refractivity contribution in [2.75, 3.05) is 6.61 Å². The summed E-state index contributed by atoms with van der Waals surface area (Å²) >= 11 is 10.6. The van der Waals surface area contributed by atoms with E-state index in [1.807, 2.05) is 18.2 Å². The van der Waals surface area contributed by atoms with Gasteiger partial charge in [-0.1, -0.05) is 39.5 Å². The van der Waals surface area contributed by atoms with Crippen LogP contribution in [0.25, 0.3) is 6.08 Å². The number of nitrogens with zero attached hydrogens (tertiary/aromatic N) is 1. The van der Waals surface area contributed by atoms with E-state index in [1.165, 1.54) is 11.8 Å². The number of rotatable bonds is 4. The number of benzene rings is 2. The topological polar surface area (TPSA) is 50.7 Å². The Hall–Kier alpha value is -2.20.